The van der Waals surface area contributed by atoms with Gasteiger partial charge in [-0.1, -0.05) is 37.1 Å². The normalized spacial score (nSPS) is 23.4. The molecule has 148 valence electrons. The highest BCUT2D eigenvalue weighted by Gasteiger charge is 2.27. The van der Waals surface area contributed by atoms with Crippen LogP contribution < -0.4 is 10.6 Å². The number of amides is 1. The quantitative estimate of drug-likeness (QED) is 0.705. The predicted molar refractivity (Wildman–Crippen MR) is 109 cm³/mol. The molecule has 1 amide bonds. The first-order valence-electron chi connectivity index (χ1n) is 9.20. The van der Waals surface area contributed by atoms with E-state index >= 15 is 0 Å². The average Bonchev–Trinajstić information content (AvgIpc) is 2.87. The van der Waals surface area contributed by atoms with E-state index in [0.717, 1.165) is 6.54 Å². The fraction of sp³-hybridized carbons (Fsp3) is 0.632. The van der Waals surface area contributed by atoms with Crippen LogP contribution in [0.1, 0.15) is 43.2 Å². The number of carbonyl (C=O) groups is 1. The zero-order chi connectivity index (χ0) is 16.8. The van der Waals surface area contributed by atoms with Gasteiger partial charge in [-0.15, -0.1) is 24.8 Å². The molecule has 5 nitrogen and oxygen atoms in total. The fourth-order valence-electron chi connectivity index (χ4n) is 3.64. The lowest BCUT2D eigenvalue weighted by Crippen LogP contribution is -2.40. The molecule has 3 rings (SSSR count). The smallest absolute Gasteiger partial charge is 0.237 e. The Labute approximate surface area is 168 Å². The van der Waals surface area contributed by atoms with E-state index < -0.39 is 6.10 Å². The van der Waals surface area contributed by atoms with Gasteiger partial charge < -0.3 is 15.7 Å². The molecular weight excluding hydrogens is 373 g/mol. The van der Waals surface area contributed by atoms with Crippen LogP contribution in [-0.2, 0) is 17.9 Å². The van der Waals surface area contributed by atoms with Gasteiger partial charge in [-0.2, -0.15) is 0 Å². The molecule has 2 aliphatic heterocycles. The highest BCUT2D eigenvalue weighted by atomic mass is 35.5. The Balaban J connectivity index is 0.00000169. The number of halogens is 2. The largest absolute Gasteiger partial charge is 0.392 e. The zero-order valence-corrected chi connectivity index (χ0v) is 16.8. The van der Waals surface area contributed by atoms with Crippen molar-refractivity contribution in [2.75, 3.05) is 19.6 Å². The first-order chi connectivity index (χ1) is 11.7. The van der Waals surface area contributed by atoms with Gasteiger partial charge in [-0.25, -0.2) is 0 Å². The summed E-state index contributed by atoms with van der Waals surface area (Å²) in [5.41, 5.74) is 2.49. The summed E-state index contributed by atoms with van der Waals surface area (Å²) in [6.45, 7) is 4.36. The summed E-state index contributed by atoms with van der Waals surface area (Å²) in [4.78, 5) is 14.7. The molecule has 2 fully saturated rings. The molecule has 2 heterocycles. The summed E-state index contributed by atoms with van der Waals surface area (Å²) in [5.74, 6) is -0.0175. The van der Waals surface area contributed by atoms with Crippen LogP contribution >= 0.6 is 24.8 Å². The third kappa shape index (κ3) is 6.71. The van der Waals surface area contributed by atoms with E-state index in [2.05, 4.69) is 33.7 Å². The van der Waals surface area contributed by atoms with Crippen LogP contribution in [0.5, 0.6) is 0 Å². The minimum absolute atomic E-state index is 0. The Bertz CT molecular complexity index is 551. The number of aliphatic hydroxyl groups is 1. The van der Waals surface area contributed by atoms with Crippen molar-refractivity contribution in [1.29, 1.82) is 0 Å². The molecule has 2 unspecified atom stereocenters. The summed E-state index contributed by atoms with van der Waals surface area (Å²) < 4.78 is 0. The van der Waals surface area contributed by atoms with E-state index in [9.17, 15) is 9.90 Å². The molecule has 0 aromatic heterocycles. The van der Waals surface area contributed by atoms with E-state index in [-0.39, 0.29) is 36.8 Å². The highest BCUT2D eigenvalue weighted by Crippen LogP contribution is 2.16. The van der Waals surface area contributed by atoms with Gasteiger partial charge >= 0.3 is 0 Å². The summed E-state index contributed by atoms with van der Waals surface area (Å²) in [6.07, 6.45) is 5.35. The zero-order valence-electron chi connectivity index (χ0n) is 15.2. The summed E-state index contributed by atoms with van der Waals surface area (Å²) >= 11 is 0. The van der Waals surface area contributed by atoms with Gasteiger partial charge in [0.15, 0.2) is 0 Å². The number of benzene rings is 1. The molecule has 3 N–H and O–H groups in total. The molecule has 2 aliphatic rings. The number of aliphatic hydroxyl groups excluding tert-OH is 1. The van der Waals surface area contributed by atoms with Crippen molar-refractivity contribution in [3.63, 3.8) is 0 Å². The van der Waals surface area contributed by atoms with Crippen molar-refractivity contribution in [1.82, 2.24) is 15.5 Å². The van der Waals surface area contributed by atoms with Crippen LogP contribution in [0.25, 0.3) is 0 Å². The monoisotopic (exact) mass is 403 g/mol. The number of nitrogens with one attached hydrogen (secondary N) is 2. The first kappa shape index (κ1) is 23.2. The second-order valence-electron chi connectivity index (χ2n) is 7.03. The summed E-state index contributed by atoms with van der Waals surface area (Å²) in [7, 11) is 0. The Hall–Kier alpha value is -0.850. The maximum absolute atomic E-state index is 12.2. The molecule has 0 aliphatic carbocycles. The molecule has 26 heavy (non-hydrogen) atoms. The van der Waals surface area contributed by atoms with Crippen LogP contribution in [0.3, 0.4) is 0 Å². The number of β-amino-alcohol motifs (C(OH)–C–C–N with tert-alkyl or cyclic N) is 1. The average molecular weight is 404 g/mol. The van der Waals surface area contributed by atoms with Crippen LogP contribution in [0, 0.1) is 0 Å². The van der Waals surface area contributed by atoms with E-state index in [1.807, 2.05) is 6.07 Å². The van der Waals surface area contributed by atoms with Gasteiger partial charge in [0.1, 0.15) is 0 Å². The van der Waals surface area contributed by atoms with Crippen molar-refractivity contribution in [2.24, 2.45) is 0 Å². The number of hydrogen-bond donors (Lipinski definition) is 3. The Morgan fingerprint density at radius 3 is 2.38 bits per heavy atom. The van der Waals surface area contributed by atoms with Gasteiger partial charge in [0, 0.05) is 19.6 Å². The molecule has 1 aromatic rings. The Morgan fingerprint density at radius 2 is 1.77 bits per heavy atom. The summed E-state index contributed by atoms with van der Waals surface area (Å²) in [5, 5.41) is 15.6. The number of rotatable bonds is 5. The molecule has 2 saturated heterocycles. The first-order valence-corrected chi connectivity index (χ1v) is 9.20. The molecule has 2 atom stereocenters. The molecule has 0 spiro atoms. The predicted octanol–water partition coefficient (Wildman–Crippen LogP) is 2.25. The van der Waals surface area contributed by atoms with Gasteiger partial charge in [0.2, 0.25) is 5.91 Å². The number of nitrogens with zero attached hydrogens (tertiary/aromatic N) is 1. The minimum atomic E-state index is -0.406. The van der Waals surface area contributed by atoms with Gasteiger partial charge in [0.05, 0.1) is 12.1 Å². The molecule has 0 bridgehead atoms. The Kier molecular flexibility index (Phi) is 10.5. The topological polar surface area (TPSA) is 64.6 Å². The van der Waals surface area contributed by atoms with Crippen molar-refractivity contribution in [3.8, 4) is 0 Å². The van der Waals surface area contributed by atoms with Crippen molar-refractivity contribution in [2.45, 2.75) is 57.3 Å². The van der Waals surface area contributed by atoms with Crippen LogP contribution in [0.4, 0.5) is 0 Å². The van der Waals surface area contributed by atoms with Crippen molar-refractivity contribution in [3.05, 3.63) is 35.4 Å². The van der Waals surface area contributed by atoms with Crippen LogP contribution in [0.15, 0.2) is 24.3 Å². The van der Waals surface area contributed by atoms with Crippen LogP contribution in [0.2, 0.25) is 0 Å². The van der Waals surface area contributed by atoms with Crippen LogP contribution in [-0.4, -0.2) is 47.7 Å². The third-order valence-electron chi connectivity index (χ3n) is 5.09. The minimum Gasteiger partial charge on any atom is -0.392 e. The second kappa shape index (κ2) is 11.8. The third-order valence-corrected chi connectivity index (χ3v) is 5.09. The summed E-state index contributed by atoms with van der Waals surface area (Å²) in [6, 6.07) is 8.12. The lowest BCUT2D eigenvalue weighted by Gasteiger charge is -2.22. The van der Waals surface area contributed by atoms with Gasteiger partial charge in [-0.05, 0) is 43.5 Å². The molecule has 0 radical (unpaired) electrons. The number of hydrogen-bond acceptors (Lipinski definition) is 4. The number of likely N-dealkylation sites (tertiary alicyclic amines) is 1. The van der Waals surface area contributed by atoms with Crippen molar-refractivity contribution < 1.29 is 9.90 Å². The van der Waals surface area contributed by atoms with E-state index in [1.165, 1.54) is 49.9 Å². The molecule has 0 saturated carbocycles. The second-order valence-corrected chi connectivity index (χ2v) is 7.03. The lowest BCUT2D eigenvalue weighted by atomic mass is 10.1. The maximum atomic E-state index is 12.2. The molecule has 7 heteroatoms. The fourth-order valence-corrected chi connectivity index (χ4v) is 3.64. The van der Waals surface area contributed by atoms with Gasteiger partial charge in [-0.3, -0.25) is 9.69 Å². The van der Waals surface area contributed by atoms with Gasteiger partial charge in [0.25, 0.3) is 0 Å². The number of carbonyl (C=O) groups excluding carboxylic acids is 1. The lowest BCUT2D eigenvalue weighted by molar-refractivity contribution is -0.123. The van der Waals surface area contributed by atoms with E-state index in [0.29, 0.717) is 19.5 Å². The molecule has 1 aromatic carbocycles. The van der Waals surface area contributed by atoms with E-state index in [1.54, 1.807) is 0 Å². The highest BCUT2D eigenvalue weighted by molar-refractivity contribution is 5.85. The molecular formula is C19H31Cl2N3O2. The van der Waals surface area contributed by atoms with Crippen molar-refractivity contribution >= 4 is 30.7 Å². The SMILES string of the molecule is Cl.Cl.O=C(NCc1ccccc1CN1CCCCCC1)C1CC(O)CN1. The van der Waals surface area contributed by atoms with E-state index in [4.69, 9.17) is 0 Å². The standard InChI is InChI=1S/C19H29N3O2.2ClH/c23-17-11-18(20-13-17)19(24)21-12-15-7-3-4-8-16(15)14-22-9-5-1-2-6-10-22;;/h3-4,7-8,17-18,20,23H,1-2,5-6,9-14H2,(H,21,24);2*1H. The Morgan fingerprint density at radius 1 is 1.12 bits per heavy atom. The maximum Gasteiger partial charge on any atom is 0.237 e.